The summed E-state index contributed by atoms with van der Waals surface area (Å²) in [5, 5.41) is 32.3. The molecule has 0 bridgehead atoms. The summed E-state index contributed by atoms with van der Waals surface area (Å²) in [4.78, 5) is 73.5. The molecule has 26 heteroatoms. The minimum atomic E-state index is -5.79. The Bertz CT molecular complexity index is 1470. The van der Waals surface area contributed by atoms with Crippen LogP contribution in [0.25, 0.3) is 11.2 Å². The third-order valence-electron chi connectivity index (χ3n) is 5.44. The van der Waals surface area contributed by atoms with Crippen LogP contribution in [-0.2, 0) is 36.4 Å². The van der Waals surface area contributed by atoms with E-state index in [0.717, 1.165) is 22.1 Å². The van der Waals surface area contributed by atoms with Gasteiger partial charge in [-0.25, -0.2) is 33.4 Å². The first-order chi connectivity index (χ1) is 19.2. The quantitative estimate of drug-likeness (QED) is 0.109. The Morgan fingerprint density at radius 1 is 1.12 bits per heavy atom. The molecular weight excluding hydrogens is 639 g/mol. The van der Waals surface area contributed by atoms with E-state index in [1.807, 2.05) is 5.32 Å². The van der Waals surface area contributed by atoms with Crippen LogP contribution in [0.1, 0.15) is 13.2 Å². The summed E-state index contributed by atoms with van der Waals surface area (Å²) in [5.41, 5.74) is 5.40. The van der Waals surface area contributed by atoms with Crippen LogP contribution < -0.4 is 16.0 Å². The summed E-state index contributed by atoms with van der Waals surface area (Å²) in [7, 11) is -15.7. The maximum Gasteiger partial charge on any atom is 0.490 e. The van der Waals surface area contributed by atoms with Crippen molar-refractivity contribution in [2.24, 2.45) is 5.73 Å². The highest BCUT2D eigenvalue weighted by Gasteiger charge is 2.47. The largest absolute Gasteiger partial charge is 0.490 e. The van der Waals surface area contributed by atoms with Crippen LogP contribution in [0.5, 0.6) is 0 Å². The van der Waals surface area contributed by atoms with E-state index in [2.05, 4.69) is 28.1 Å². The molecule has 3 amide bonds. The van der Waals surface area contributed by atoms with Gasteiger partial charge in [-0.15, -0.1) is 0 Å². The monoisotopic (exact) mass is 665 g/mol. The number of imidazole rings is 1. The zero-order chi connectivity index (χ0) is 31.8. The molecule has 1 fully saturated rings. The van der Waals surface area contributed by atoms with E-state index in [0.29, 0.717) is 0 Å². The van der Waals surface area contributed by atoms with E-state index in [1.165, 1.54) is 14.0 Å². The van der Waals surface area contributed by atoms with Gasteiger partial charge in [0.15, 0.2) is 23.2 Å². The highest BCUT2D eigenvalue weighted by molar-refractivity contribution is 7.66. The summed E-state index contributed by atoms with van der Waals surface area (Å²) >= 11 is 0. The lowest BCUT2D eigenvalue weighted by molar-refractivity contribution is -0.123. The van der Waals surface area contributed by atoms with Crippen molar-refractivity contribution in [2.75, 3.05) is 18.6 Å². The minimum absolute atomic E-state index is 0.0515. The lowest BCUT2D eigenvalue weighted by Gasteiger charge is -2.20. The number of aliphatic hydroxyl groups excluding tert-OH is 3. The number of phosphoric ester groups is 1. The van der Waals surface area contributed by atoms with Gasteiger partial charge in [-0.1, -0.05) is 0 Å². The highest BCUT2D eigenvalue weighted by atomic mass is 31.3. The third kappa shape index (κ3) is 8.20. The molecule has 42 heavy (non-hydrogen) atoms. The number of imide groups is 1. The van der Waals surface area contributed by atoms with E-state index < -0.39 is 78.7 Å². The molecule has 2 unspecified atom stereocenters. The number of nitrogens with zero attached hydrogens (tertiary/aromatic N) is 5. The zero-order valence-corrected chi connectivity index (χ0v) is 24.0. The molecule has 3 heterocycles. The van der Waals surface area contributed by atoms with Crippen LogP contribution in [0, 0.1) is 0 Å². The average molecular weight is 665 g/mol. The Labute approximate surface area is 234 Å². The van der Waals surface area contributed by atoms with Crippen LogP contribution in [0.15, 0.2) is 12.7 Å². The lowest BCUT2D eigenvalue weighted by Crippen LogP contribution is -2.52. The second kappa shape index (κ2) is 12.7. The molecule has 10 N–H and O–H groups in total. The van der Waals surface area contributed by atoms with E-state index in [4.69, 9.17) is 20.3 Å². The molecule has 2 aromatic rings. The van der Waals surface area contributed by atoms with Gasteiger partial charge in [0.2, 0.25) is 5.91 Å². The number of hydrogen-bond acceptors (Lipinski definition) is 16. The number of aliphatic hydroxyl groups is 3. The Kier molecular flexibility index (Phi) is 10.4. The number of urea groups is 1. The van der Waals surface area contributed by atoms with Crippen LogP contribution in [0.3, 0.4) is 0 Å². The highest BCUT2D eigenvalue weighted by Crippen LogP contribution is 2.66. The summed E-state index contributed by atoms with van der Waals surface area (Å²) < 4.78 is 52.4. The van der Waals surface area contributed by atoms with Crippen LogP contribution in [-0.4, -0.2) is 110 Å². The fourth-order valence-electron chi connectivity index (χ4n) is 3.43. The Morgan fingerprint density at radius 3 is 2.36 bits per heavy atom. The molecule has 1 aliphatic heterocycles. The number of anilines is 1. The maximum atomic E-state index is 12.6. The standard InChI is InChI=1S/C16H26N7O16P3/c1-6(24)8(17)14(27)21-16(28)22(2)12-9-13(19-4-18-12)23(5-20-9)15-11(26)10(25)7(37-15)3-36-41(32,33)39-42(34,35)38-40(29,30)31/h4-8,10-11,15,24-26H,3,17H2,1-2H3,(H,32,33)(H,34,35)(H,21,27,28)(H2,29,30,31)/t6-,7-,8+,10-,11-,15-/m1/s1. The van der Waals surface area contributed by atoms with Gasteiger partial charge in [-0.2, -0.15) is 8.62 Å². The zero-order valence-electron chi connectivity index (χ0n) is 21.3. The molecule has 0 aromatic carbocycles. The van der Waals surface area contributed by atoms with Crippen molar-refractivity contribution in [2.45, 2.75) is 43.6 Å². The first-order valence-electron chi connectivity index (χ1n) is 11.2. The molecule has 8 atom stereocenters. The molecule has 0 saturated carbocycles. The van der Waals surface area contributed by atoms with Crippen LogP contribution in [0.4, 0.5) is 10.6 Å². The first kappa shape index (κ1) is 34.2. The molecule has 0 spiro atoms. The maximum absolute atomic E-state index is 12.6. The SMILES string of the molecule is C[C@@H](O)[C@H](N)C(=O)NC(=O)N(C)c1ncnc2c1ncn2[C@@H]1O[C@H](COP(=O)(O)OP(=O)(O)OP(=O)(O)O)[C@@H](O)[C@H]1O. The molecule has 0 aliphatic carbocycles. The Morgan fingerprint density at radius 2 is 1.76 bits per heavy atom. The Hall–Kier alpha value is -2.30. The predicted molar refractivity (Wildman–Crippen MR) is 133 cm³/mol. The Balaban J connectivity index is 1.75. The number of carbonyl (C=O) groups is 2. The van der Waals surface area contributed by atoms with Crippen molar-refractivity contribution in [1.29, 1.82) is 0 Å². The number of ether oxygens (including phenoxy) is 1. The molecule has 1 saturated heterocycles. The normalized spacial score (nSPS) is 25.4. The molecule has 236 valence electrons. The number of fused-ring (bicyclic) bond motifs is 1. The second-order valence-electron chi connectivity index (χ2n) is 8.57. The number of hydrogen-bond donors (Lipinski definition) is 9. The summed E-state index contributed by atoms with van der Waals surface area (Å²) in [6.45, 7) is 0.192. The molecule has 1 aliphatic rings. The summed E-state index contributed by atoms with van der Waals surface area (Å²) in [6.07, 6.45) is -5.81. The topological polar surface area (TPSA) is 349 Å². The number of nitrogens with two attached hydrogens (primary N) is 1. The number of carbonyl (C=O) groups excluding carboxylic acids is 2. The molecule has 0 radical (unpaired) electrons. The number of amides is 3. The van der Waals surface area contributed by atoms with E-state index in [1.54, 1.807) is 0 Å². The van der Waals surface area contributed by atoms with Gasteiger partial charge < -0.3 is 45.4 Å². The van der Waals surface area contributed by atoms with Crippen molar-refractivity contribution in [3.8, 4) is 0 Å². The molecule has 2 aromatic heterocycles. The van der Waals surface area contributed by atoms with Gasteiger partial charge in [0.1, 0.15) is 30.7 Å². The van der Waals surface area contributed by atoms with Crippen molar-refractivity contribution in [1.82, 2.24) is 24.8 Å². The fraction of sp³-hybridized carbons (Fsp3) is 0.562. The van der Waals surface area contributed by atoms with Crippen molar-refractivity contribution < 1.29 is 76.1 Å². The smallest absolute Gasteiger partial charge is 0.391 e. The van der Waals surface area contributed by atoms with Gasteiger partial charge >= 0.3 is 29.5 Å². The summed E-state index contributed by atoms with van der Waals surface area (Å²) in [5.74, 6) is -1.11. The predicted octanol–water partition coefficient (Wildman–Crippen LogP) is -2.83. The van der Waals surface area contributed by atoms with Crippen molar-refractivity contribution in [3.05, 3.63) is 12.7 Å². The van der Waals surface area contributed by atoms with Gasteiger partial charge in [-0.05, 0) is 6.92 Å². The van der Waals surface area contributed by atoms with Crippen LogP contribution >= 0.6 is 23.5 Å². The number of nitrogens with one attached hydrogen (secondary N) is 1. The fourth-order valence-corrected chi connectivity index (χ4v) is 6.46. The number of aromatic nitrogens is 4. The van der Waals surface area contributed by atoms with E-state index in [9.17, 15) is 48.4 Å². The first-order valence-corrected chi connectivity index (χ1v) is 15.7. The van der Waals surface area contributed by atoms with Crippen molar-refractivity contribution >= 4 is 52.4 Å². The molecule has 23 nitrogen and oxygen atoms in total. The van der Waals surface area contributed by atoms with Gasteiger partial charge in [0.25, 0.3) is 0 Å². The van der Waals surface area contributed by atoms with Gasteiger partial charge in [0, 0.05) is 7.05 Å². The minimum Gasteiger partial charge on any atom is -0.391 e. The molecular formula is C16H26N7O16P3. The molecule has 3 rings (SSSR count). The van der Waals surface area contributed by atoms with E-state index >= 15 is 0 Å². The second-order valence-corrected chi connectivity index (χ2v) is 13.0. The number of phosphoric acid groups is 3. The van der Waals surface area contributed by atoms with Crippen LogP contribution in [0.2, 0.25) is 0 Å². The van der Waals surface area contributed by atoms with Gasteiger partial charge in [-0.3, -0.25) is 24.1 Å². The van der Waals surface area contributed by atoms with E-state index in [-0.39, 0.29) is 17.0 Å². The third-order valence-corrected chi connectivity index (χ3v) is 9.25. The number of rotatable bonds is 11. The van der Waals surface area contributed by atoms with Gasteiger partial charge in [0.05, 0.1) is 19.0 Å². The lowest BCUT2D eigenvalue weighted by atomic mass is 10.1. The van der Waals surface area contributed by atoms with Crippen molar-refractivity contribution in [3.63, 3.8) is 0 Å². The average Bonchev–Trinajstić information content (AvgIpc) is 3.40. The summed E-state index contributed by atoms with van der Waals surface area (Å²) in [6, 6.07) is -2.39.